The third-order valence-electron chi connectivity index (χ3n) is 2.83. The lowest BCUT2D eigenvalue weighted by Gasteiger charge is -2.14. The number of phosphoric ester groups is 1. The van der Waals surface area contributed by atoms with Gasteiger partial charge in [0, 0.05) is 5.02 Å². The van der Waals surface area contributed by atoms with Crippen molar-refractivity contribution in [2.45, 2.75) is 40.8 Å². The van der Waals surface area contributed by atoms with Crippen LogP contribution >= 0.6 is 58.6 Å². The largest absolute Gasteiger partial charge is 0.471 e. The molecule has 1 unspecified atom stereocenters. The van der Waals surface area contributed by atoms with Gasteiger partial charge < -0.3 is 15.1 Å². The number of nitrogens with zero attached hydrogens (tertiary/aromatic N) is 2. The summed E-state index contributed by atoms with van der Waals surface area (Å²) >= 11 is 20.9. The molecule has 0 radical (unpaired) electrons. The number of nitrogens with one attached hydrogen (secondary N) is 1. The van der Waals surface area contributed by atoms with E-state index < -0.39 is 20.0 Å². The van der Waals surface area contributed by atoms with E-state index in [1.54, 1.807) is 6.07 Å². The van der Waals surface area contributed by atoms with Crippen LogP contribution in [-0.2, 0) is 9.09 Å². The van der Waals surface area contributed by atoms with Crippen molar-refractivity contribution >= 4 is 70.2 Å². The molecule has 0 bridgehead atoms. The van der Waals surface area contributed by atoms with E-state index in [9.17, 15) is 9.36 Å². The van der Waals surface area contributed by atoms with Gasteiger partial charge in [0.15, 0.2) is 11.9 Å². The lowest BCUT2D eigenvalue weighted by molar-refractivity contribution is 0.0876. The summed E-state index contributed by atoms with van der Waals surface area (Å²) in [6.45, 7) is 9.31. The van der Waals surface area contributed by atoms with Gasteiger partial charge in [0.05, 0.1) is 15.2 Å². The highest BCUT2D eigenvalue weighted by atomic mass is 79.9. The van der Waals surface area contributed by atoms with E-state index in [-0.39, 0.29) is 20.3 Å². The first kappa shape index (κ1) is 28.4. The van der Waals surface area contributed by atoms with Crippen LogP contribution in [0.5, 0.6) is 0 Å². The molecule has 0 fully saturated rings. The van der Waals surface area contributed by atoms with Gasteiger partial charge in [0.25, 0.3) is 5.91 Å². The first-order valence-corrected chi connectivity index (χ1v) is 11.9. The van der Waals surface area contributed by atoms with E-state index in [4.69, 9.17) is 44.6 Å². The van der Waals surface area contributed by atoms with E-state index in [2.05, 4.69) is 30.9 Å². The van der Waals surface area contributed by atoms with Gasteiger partial charge in [-0.15, -0.1) is 0 Å². The van der Waals surface area contributed by atoms with Crippen molar-refractivity contribution in [2.24, 2.45) is 0 Å². The monoisotopic (exact) mass is 551 g/mol. The Morgan fingerprint density at radius 3 is 2.28 bits per heavy atom. The molecular formula is C16H22BrCl3N3O5P. The van der Waals surface area contributed by atoms with Gasteiger partial charge >= 0.3 is 7.82 Å². The van der Waals surface area contributed by atoms with Crippen molar-refractivity contribution < 1.29 is 23.7 Å². The molecule has 0 aliphatic rings. The minimum absolute atomic E-state index is 0.0756. The number of aromatic nitrogens is 2. The van der Waals surface area contributed by atoms with E-state index in [0.717, 1.165) is 4.68 Å². The number of rotatable bonds is 5. The van der Waals surface area contributed by atoms with Crippen molar-refractivity contribution in [1.29, 1.82) is 0 Å². The lowest BCUT2D eigenvalue weighted by atomic mass is 10.3. The number of carbonyl (C=O) groups excluding carboxylic acids is 1. The Kier molecular flexibility index (Phi) is 12.6. The minimum atomic E-state index is -4.77. The molecule has 1 aromatic heterocycles. The molecule has 1 amide bonds. The molecule has 0 saturated heterocycles. The smallest absolute Gasteiger partial charge is 0.319 e. The molecule has 3 N–H and O–H groups in total. The molecule has 8 nitrogen and oxygen atoms in total. The molecule has 1 aromatic carbocycles. The predicted molar refractivity (Wildman–Crippen MR) is 120 cm³/mol. The number of halogens is 4. The molecule has 1 heterocycles. The van der Waals surface area contributed by atoms with Crippen LogP contribution in [0.3, 0.4) is 0 Å². The molecule has 13 heteroatoms. The summed E-state index contributed by atoms with van der Waals surface area (Å²) in [4.78, 5) is 30.1. The normalized spacial score (nSPS) is 11.6. The average Bonchev–Trinajstić information content (AvgIpc) is 2.95. The van der Waals surface area contributed by atoms with Crippen molar-refractivity contribution in [3.63, 3.8) is 0 Å². The van der Waals surface area contributed by atoms with Crippen LogP contribution in [0.15, 0.2) is 22.7 Å². The molecule has 0 aliphatic heterocycles. The molecule has 0 saturated carbocycles. The standard InChI is InChI=1S/C12H10BrCl3N3O5P.2C2H6/c1-5(24-25(21,22)23)19-11(16)9(13)10(18-19)12(20)17-8-3-2-6(14)4-7(8)15;2*1-2/h2-5H,1H3,(H,17,20)(H2,21,22,23);2*1-2H3. The highest BCUT2D eigenvalue weighted by molar-refractivity contribution is 9.10. The number of phosphoric acid groups is 1. The highest BCUT2D eigenvalue weighted by Gasteiger charge is 2.27. The zero-order chi connectivity index (χ0) is 22.9. The topological polar surface area (TPSA) is 114 Å². The van der Waals surface area contributed by atoms with Crippen molar-refractivity contribution in [2.75, 3.05) is 5.32 Å². The summed E-state index contributed by atoms with van der Waals surface area (Å²) in [5, 5.41) is 7.01. The first-order valence-electron chi connectivity index (χ1n) is 8.43. The van der Waals surface area contributed by atoms with Gasteiger partial charge in [-0.1, -0.05) is 62.5 Å². The third-order valence-corrected chi connectivity index (χ3v) is 5.30. The van der Waals surface area contributed by atoms with Gasteiger partial charge in [-0.25, -0.2) is 9.25 Å². The summed E-state index contributed by atoms with van der Waals surface area (Å²) in [5.74, 6) is -0.653. The summed E-state index contributed by atoms with van der Waals surface area (Å²) in [6.07, 6.45) is -1.22. The van der Waals surface area contributed by atoms with E-state index in [1.165, 1.54) is 19.1 Å². The van der Waals surface area contributed by atoms with Crippen LogP contribution in [-0.4, -0.2) is 25.5 Å². The van der Waals surface area contributed by atoms with Crippen LogP contribution in [0.4, 0.5) is 5.69 Å². The average molecular weight is 554 g/mol. The second-order valence-corrected chi connectivity index (χ2v) is 7.86. The van der Waals surface area contributed by atoms with Crippen LogP contribution in [0.25, 0.3) is 0 Å². The van der Waals surface area contributed by atoms with Crippen molar-refractivity contribution in [3.05, 3.63) is 43.6 Å². The van der Waals surface area contributed by atoms with Crippen molar-refractivity contribution in [3.8, 4) is 0 Å². The number of carbonyl (C=O) groups is 1. The molecule has 0 spiro atoms. The van der Waals surface area contributed by atoms with E-state index in [0.29, 0.717) is 10.7 Å². The Morgan fingerprint density at radius 1 is 1.24 bits per heavy atom. The fraction of sp³-hybridized carbons (Fsp3) is 0.375. The summed E-state index contributed by atoms with van der Waals surface area (Å²) in [5.41, 5.74) is 0.172. The Morgan fingerprint density at radius 2 is 1.79 bits per heavy atom. The van der Waals surface area contributed by atoms with Crippen LogP contribution in [0, 0.1) is 0 Å². The van der Waals surface area contributed by atoms with Crippen LogP contribution in [0.2, 0.25) is 15.2 Å². The SMILES string of the molecule is CC.CC.CC(OP(=O)(O)O)n1nc(C(=O)Nc2ccc(Cl)cc2Cl)c(Br)c1Cl. The molecule has 0 aliphatic carbocycles. The number of amides is 1. The van der Waals surface area contributed by atoms with Gasteiger partial charge in [-0.3, -0.25) is 9.32 Å². The van der Waals surface area contributed by atoms with Crippen molar-refractivity contribution in [1.82, 2.24) is 9.78 Å². The number of hydrogen-bond acceptors (Lipinski definition) is 4. The Labute approximate surface area is 192 Å². The quantitative estimate of drug-likeness (QED) is 0.363. The van der Waals surface area contributed by atoms with Gasteiger partial charge in [0.1, 0.15) is 5.15 Å². The number of benzene rings is 1. The van der Waals surface area contributed by atoms with E-state index in [1.807, 2.05) is 27.7 Å². The maximum Gasteiger partial charge on any atom is 0.471 e. The predicted octanol–water partition coefficient (Wildman–Crippen LogP) is 6.54. The number of hydrogen-bond donors (Lipinski definition) is 3. The molecule has 1 atom stereocenters. The van der Waals surface area contributed by atoms with Gasteiger partial charge in [-0.05, 0) is 41.1 Å². The second kappa shape index (κ2) is 12.9. The Bertz CT molecular complexity index is 876. The third kappa shape index (κ3) is 8.55. The fourth-order valence-corrected chi connectivity index (χ4v) is 3.44. The van der Waals surface area contributed by atoms with E-state index >= 15 is 0 Å². The highest BCUT2D eigenvalue weighted by Crippen LogP contribution is 2.42. The Balaban J connectivity index is 0.00000184. The fourth-order valence-electron chi connectivity index (χ4n) is 1.80. The lowest BCUT2D eigenvalue weighted by Crippen LogP contribution is -2.15. The number of anilines is 1. The molecule has 29 heavy (non-hydrogen) atoms. The Hall–Kier alpha value is -0.640. The first-order chi connectivity index (χ1) is 13.5. The summed E-state index contributed by atoms with van der Waals surface area (Å²) in [7, 11) is -4.77. The minimum Gasteiger partial charge on any atom is -0.319 e. The van der Waals surface area contributed by atoms with Crippen LogP contribution in [0.1, 0.15) is 51.3 Å². The summed E-state index contributed by atoms with van der Waals surface area (Å²) < 4.78 is 16.5. The van der Waals surface area contributed by atoms with Crippen LogP contribution < -0.4 is 5.32 Å². The van der Waals surface area contributed by atoms with Gasteiger partial charge in [0.2, 0.25) is 0 Å². The maximum absolute atomic E-state index is 12.4. The molecular weight excluding hydrogens is 531 g/mol. The zero-order valence-corrected chi connectivity index (χ0v) is 21.0. The second-order valence-electron chi connectivity index (χ2n) is 4.67. The maximum atomic E-state index is 12.4. The molecule has 2 rings (SSSR count). The summed E-state index contributed by atoms with van der Waals surface area (Å²) in [6, 6.07) is 4.50. The molecule has 164 valence electrons. The zero-order valence-electron chi connectivity index (χ0n) is 16.3. The van der Waals surface area contributed by atoms with Gasteiger partial charge in [-0.2, -0.15) is 5.10 Å². The molecule has 2 aromatic rings.